The van der Waals surface area contributed by atoms with E-state index < -0.39 is 0 Å². The largest absolute Gasteiger partial charge is 0.310 e. The Morgan fingerprint density at radius 2 is 0.768 bits per heavy atom. The van der Waals surface area contributed by atoms with Gasteiger partial charge in [-0.2, -0.15) is 0 Å². The maximum Gasteiger partial charge on any atom is 0.0509 e. The maximum absolute atomic E-state index is 2.49. The maximum atomic E-state index is 2.49. The fourth-order valence-electron chi connectivity index (χ4n) is 10.2. The lowest BCUT2D eigenvalue weighted by Gasteiger charge is -2.42. The van der Waals surface area contributed by atoms with Crippen LogP contribution in [0.1, 0.15) is 49.9 Å². The monoisotopic (exact) mass is 754 g/mol. The van der Waals surface area contributed by atoms with Crippen LogP contribution in [0.5, 0.6) is 0 Å². The van der Waals surface area contributed by atoms with Crippen molar-refractivity contribution in [1.82, 2.24) is 0 Å². The predicted molar refractivity (Wildman–Crippen MR) is 243 cm³/mol. The summed E-state index contributed by atoms with van der Waals surface area (Å²) in [5.74, 6) is 0. The molecule has 56 heavy (non-hydrogen) atoms. The summed E-state index contributed by atoms with van der Waals surface area (Å²) in [5, 5.41) is 8.07. The molecule has 0 bridgehead atoms. The van der Waals surface area contributed by atoms with Gasteiger partial charge in [-0.25, -0.2) is 0 Å². The molecule has 0 saturated heterocycles. The van der Waals surface area contributed by atoms with Crippen molar-refractivity contribution in [3.05, 3.63) is 180 Å². The summed E-state index contributed by atoms with van der Waals surface area (Å²) < 4.78 is 5.37. The van der Waals surface area contributed by atoms with E-state index >= 15 is 0 Å². The van der Waals surface area contributed by atoms with Gasteiger partial charge in [0, 0.05) is 62.5 Å². The van der Waals surface area contributed by atoms with Crippen molar-refractivity contribution in [3.63, 3.8) is 0 Å². The molecule has 2 aromatic heterocycles. The molecule has 268 valence electrons. The van der Waals surface area contributed by atoms with Crippen LogP contribution >= 0.6 is 22.7 Å². The number of hydrogen-bond donors (Lipinski definition) is 0. The Bertz CT molecular complexity index is 3040. The summed E-state index contributed by atoms with van der Waals surface area (Å²) in [5.41, 5.74) is 12.6. The molecule has 0 atom stereocenters. The SMILES string of the molecule is CC1(C)c2ccccc2N(c2ccccc2)c2ccc3sc4cc5cc6c(cc5cc4c3c21)sc1ccc2c(c16)C(C)(C)c1ccccc1N2c1ccccc1. The Hall–Kier alpha value is -5.94. The van der Waals surface area contributed by atoms with E-state index in [4.69, 9.17) is 0 Å². The van der Waals surface area contributed by atoms with Crippen LogP contribution in [0.3, 0.4) is 0 Å². The van der Waals surface area contributed by atoms with E-state index in [9.17, 15) is 0 Å². The average molecular weight is 755 g/mol. The van der Waals surface area contributed by atoms with Crippen LogP contribution < -0.4 is 9.80 Å². The molecule has 4 heterocycles. The first-order valence-corrected chi connectivity index (χ1v) is 21.1. The van der Waals surface area contributed by atoms with Crippen LogP contribution in [0, 0.1) is 0 Å². The van der Waals surface area contributed by atoms with Crippen molar-refractivity contribution in [2.24, 2.45) is 0 Å². The summed E-state index contributed by atoms with van der Waals surface area (Å²) in [6.07, 6.45) is 0. The zero-order valence-electron chi connectivity index (χ0n) is 31.7. The highest BCUT2D eigenvalue weighted by Crippen LogP contribution is 2.58. The molecule has 2 aliphatic heterocycles. The van der Waals surface area contributed by atoms with Gasteiger partial charge >= 0.3 is 0 Å². The molecule has 0 spiro atoms. The number of thiophene rings is 2. The van der Waals surface area contributed by atoms with E-state index in [1.807, 2.05) is 22.7 Å². The molecule has 12 rings (SSSR count). The van der Waals surface area contributed by atoms with Crippen LogP contribution in [0.4, 0.5) is 34.1 Å². The van der Waals surface area contributed by atoms with Gasteiger partial charge in [0.15, 0.2) is 0 Å². The van der Waals surface area contributed by atoms with Gasteiger partial charge in [0.1, 0.15) is 0 Å². The number of nitrogens with zero attached hydrogens (tertiary/aromatic N) is 2. The van der Waals surface area contributed by atoms with E-state index in [2.05, 4.69) is 195 Å². The van der Waals surface area contributed by atoms with Crippen molar-refractivity contribution < 1.29 is 0 Å². The quantitative estimate of drug-likeness (QED) is 0.173. The van der Waals surface area contributed by atoms with E-state index in [-0.39, 0.29) is 10.8 Å². The first-order chi connectivity index (χ1) is 27.3. The highest BCUT2D eigenvalue weighted by molar-refractivity contribution is 7.26. The normalized spacial score (nSPS) is 15.4. The second kappa shape index (κ2) is 11.3. The predicted octanol–water partition coefficient (Wildman–Crippen LogP) is 15.8. The van der Waals surface area contributed by atoms with Crippen LogP contribution in [0.2, 0.25) is 0 Å². The van der Waals surface area contributed by atoms with E-state index in [0.29, 0.717) is 0 Å². The molecule has 0 radical (unpaired) electrons. The second-order valence-electron chi connectivity index (χ2n) is 16.5. The molecule has 2 aliphatic rings. The molecular weight excluding hydrogens is 717 g/mol. The summed E-state index contributed by atoms with van der Waals surface area (Å²) in [6.45, 7) is 9.66. The van der Waals surface area contributed by atoms with Gasteiger partial charge in [-0.05, 0) is 118 Å². The second-order valence-corrected chi connectivity index (χ2v) is 18.7. The highest BCUT2D eigenvalue weighted by Gasteiger charge is 2.40. The third-order valence-corrected chi connectivity index (χ3v) is 14.9. The van der Waals surface area contributed by atoms with Crippen molar-refractivity contribution in [2.45, 2.75) is 38.5 Å². The van der Waals surface area contributed by atoms with Gasteiger partial charge in [-0.15, -0.1) is 22.7 Å². The standard InChI is InChI=1S/C52H38N2S2/c1-51(2)37-19-11-13-21-39(37)53(33-15-7-5-8-16-33)41-23-25-43-47(49(41)51)35-27-31-30-46-36(28-32(31)29-45(35)55-43)48-44(56-46)26-24-42-50(48)52(3,4)38-20-12-14-22-40(38)54(42)34-17-9-6-10-18-34/h5-30H,1-4H3. The Labute approximate surface area is 334 Å². The Morgan fingerprint density at radius 3 is 1.20 bits per heavy atom. The number of hydrogen-bond acceptors (Lipinski definition) is 4. The first kappa shape index (κ1) is 32.3. The van der Waals surface area contributed by atoms with E-state index in [1.165, 1.54) is 107 Å². The average Bonchev–Trinajstić information content (AvgIpc) is 3.76. The van der Waals surface area contributed by atoms with Crippen LogP contribution in [0.25, 0.3) is 51.1 Å². The molecule has 0 unspecified atom stereocenters. The van der Waals surface area contributed by atoms with Crippen LogP contribution in [-0.4, -0.2) is 0 Å². The van der Waals surface area contributed by atoms with Gasteiger partial charge in [-0.1, -0.05) is 100 Å². The summed E-state index contributed by atoms with van der Waals surface area (Å²) in [6, 6.07) is 59.0. The Morgan fingerprint density at radius 1 is 0.375 bits per heavy atom. The molecule has 0 amide bonds. The lowest BCUT2D eigenvalue weighted by atomic mass is 9.72. The number of para-hydroxylation sites is 4. The van der Waals surface area contributed by atoms with Crippen molar-refractivity contribution in [2.75, 3.05) is 9.80 Å². The number of anilines is 6. The minimum Gasteiger partial charge on any atom is -0.310 e. The fourth-order valence-corrected chi connectivity index (χ4v) is 12.5. The molecule has 0 aliphatic carbocycles. The van der Waals surface area contributed by atoms with E-state index in [1.54, 1.807) is 0 Å². The zero-order chi connectivity index (χ0) is 37.5. The van der Waals surface area contributed by atoms with Crippen molar-refractivity contribution in [3.8, 4) is 0 Å². The van der Waals surface area contributed by atoms with Gasteiger partial charge in [-0.3, -0.25) is 0 Å². The van der Waals surface area contributed by atoms with Crippen molar-refractivity contribution >= 4 is 108 Å². The fraction of sp³-hybridized carbons (Fsp3) is 0.115. The first-order valence-electron chi connectivity index (χ1n) is 19.5. The molecule has 0 saturated carbocycles. The van der Waals surface area contributed by atoms with Crippen LogP contribution in [-0.2, 0) is 10.8 Å². The minimum absolute atomic E-state index is 0.187. The molecular formula is C52H38N2S2. The molecule has 0 fully saturated rings. The third-order valence-electron chi connectivity index (χ3n) is 12.7. The topological polar surface area (TPSA) is 6.48 Å². The van der Waals surface area contributed by atoms with Crippen LogP contribution in [0.15, 0.2) is 158 Å². The molecule has 0 N–H and O–H groups in total. The minimum atomic E-state index is -0.187. The number of rotatable bonds is 2. The number of fused-ring (bicyclic) bond motifs is 13. The third kappa shape index (κ3) is 4.26. The van der Waals surface area contributed by atoms with Gasteiger partial charge in [0.2, 0.25) is 0 Å². The molecule has 2 nitrogen and oxygen atoms in total. The highest BCUT2D eigenvalue weighted by atomic mass is 32.1. The molecule has 8 aromatic carbocycles. The summed E-state index contributed by atoms with van der Waals surface area (Å²) in [4.78, 5) is 4.94. The Kier molecular flexibility index (Phi) is 6.53. The zero-order valence-corrected chi connectivity index (χ0v) is 33.4. The smallest absolute Gasteiger partial charge is 0.0509 e. The summed E-state index contributed by atoms with van der Waals surface area (Å²) in [7, 11) is 0. The van der Waals surface area contributed by atoms with Gasteiger partial charge in [0.25, 0.3) is 0 Å². The molecule has 4 heteroatoms. The van der Waals surface area contributed by atoms with Crippen molar-refractivity contribution in [1.29, 1.82) is 0 Å². The lowest BCUT2D eigenvalue weighted by Crippen LogP contribution is -2.30. The Balaban J connectivity index is 1.11. The number of benzene rings is 8. The molecule has 10 aromatic rings. The van der Waals surface area contributed by atoms with Gasteiger partial charge < -0.3 is 9.80 Å². The van der Waals surface area contributed by atoms with Gasteiger partial charge in [0.05, 0.1) is 22.7 Å². The lowest BCUT2D eigenvalue weighted by molar-refractivity contribution is 0.638. The van der Waals surface area contributed by atoms with E-state index in [0.717, 1.165) is 0 Å². The summed E-state index contributed by atoms with van der Waals surface area (Å²) >= 11 is 3.86.